The minimum Gasteiger partial charge on any atom is -0.328 e. The highest BCUT2D eigenvalue weighted by atomic mass is 79.9. The summed E-state index contributed by atoms with van der Waals surface area (Å²) >= 11 is 3.35. The van der Waals surface area contributed by atoms with E-state index in [0.29, 0.717) is 5.82 Å². The Labute approximate surface area is 116 Å². The highest BCUT2D eigenvalue weighted by Crippen LogP contribution is 2.19. The Bertz CT molecular complexity index is 396. The smallest absolute Gasteiger partial charge is 0.228 e. The van der Waals surface area contributed by atoms with E-state index in [9.17, 15) is 4.79 Å². The third-order valence-electron chi connectivity index (χ3n) is 2.74. The lowest BCUT2D eigenvalue weighted by atomic mass is 10.0. The van der Waals surface area contributed by atoms with E-state index in [-0.39, 0.29) is 17.9 Å². The molecule has 1 aromatic rings. The van der Waals surface area contributed by atoms with Crippen LogP contribution in [0.4, 0.5) is 5.82 Å². The van der Waals surface area contributed by atoms with Crippen LogP contribution < -0.4 is 11.1 Å². The number of rotatable bonds is 6. The zero-order valence-electron chi connectivity index (χ0n) is 10.8. The van der Waals surface area contributed by atoms with Crippen LogP contribution >= 0.6 is 15.9 Å². The van der Waals surface area contributed by atoms with E-state index in [2.05, 4.69) is 26.2 Å². The number of nitrogens with zero attached hydrogens (tertiary/aromatic N) is 1. The Balaban J connectivity index is 2.43. The fourth-order valence-corrected chi connectivity index (χ4v) is 1.95. The number of nitrogens with two attached hydrogens (primary N) is 1. The van der Waals surface area contributed by atoms with Crippen molar-refractivity contribution < 1.29 is 4.79 Å². The summed E-state index contributed by atoms with van der Waals surface area (Å²) in [6.07, 6.45) is 4.42. The van der Waals surface area contributed by atoms with E-state index >= 15 is 0 Å². The van der Waals surface area contributed by atoms with Gasteiger partial charge in [-0.05, 0) is 47.8 Å². The summed E-state index contributed by atoms with van der Waals surface area (Å²) in [7, 11) is 0. The Hall–Kier alpha value is -0.940. The molecule has 0 spiro atoms. The van der Waals surface area contributed by atoms with Crippen molar-refractivity contribution >= 4 is 27.7 Å². The number of pyridine rings is 1. The van der Waals surface area contributed by atoms with E-state index in [1.165, 1.54) is 0 Å². The molecule has 0 fully saturated rings. The molecule has 0 radical (unpaired) electrons. The number of nitrogens with one attached hydrogen (secondary N) is 1. The van der Waals surface area contributed by atoms with Crippen LogP contribution in [0.3, 0.4) is 0 Å². The van der Waals surface area contributed by atoms with Crippen molar-refractivity contribution in [1.29, 1.82) is 0 Å². The van der Waals surface area contributed by atoms with Gasteiger partial charge in [-0.1, -0.05) is 13.3 Å². The molecule has 1 amide bonds. The van der Waals surface area contributed by atoms with Crippen LogP contribution in [0, 0.1) is 5.92 Å². The predicted octanol–water partition coefficient (Wildman–Crippen LogP) is 2.94. The zero-order chi connectivity index (χ0) is 13.5. The molecule has 100 valence electrons. The van der Waals surface area contributed by atoms with Crippen molar-refractivity contribution in [3.63, 3.8) is 0 Å². The van der Waals surface area contributed by atoms with Gasteiger partial charge in [-0.2, -0.15) is 0 Å². The van der Waals surface area contributed by atoms with Crippen LogP contribution in [0.1, 0.15) is 33.1 Å². The Morgan fingerprint density at radius 1 is 1.50 bits per heavy atom. The summed E-state index contributed by atoms with van der Waals surface area (Å²) in [4.78, 5) is 16.0. The van der Waals surface area contributed by atoms with Gasteiger partial charge < -0.3 is 11.1 Å². The summed E-state index contributed by atoms with van der Waals surface area (Å²) in [5, 5.41) is 2.82. The molecule has 1 heterocycles. The second kappa shape index (κ2) is 7.48. The maximum atomic E-state index is 11.9. The van der Waals surface area contributed by atoms with Gasteiger partial charge in [0, 0.05) is 18.2 Å². The van der Waals surface area contributed by atoms with Gasteiger partial charge in [0.25, 0.3) is 0 Å². The van der Waals surface area contributed by atoms with Crippen molar-refractivity contribution in [2.24, 2.45) is 11.7 Å². The van der Waals surface area contributed by atoms with Gasteiger partial charge in [0.05, 0.1) is 4.47 Å². The van der Waals surface area contributed by atoms with Crippen LogP contribution in [0.25, 0.3) is 0 Å². The first-order valence-electron chi connectivity index (χ1n) is 6.17. The lowest BCUT2D eigenvalue weighted by molar-refractivity contribution is -0.119. The Kier molecular flexibility index (Phi) is 6.29. The molecule has 2 unspecified atom stereocenters. The van der Waals surface area contributed by atoms with Crippen molar-refractivity contribution in [2.75, 3.05) is 5.32 Å². The summed E-state index contributed by atoms with van der Waals surface area (Å²) < 4.78 is 0.793. The van der Waals surface area contributed by atoms with E-state index < -0.39 is 0 Å². The molecule has 0 aliphatic carbocycles. The van der Waals surface area contributed by atoms with E-state index in [0.717, 1.165) is 23.7 Å². The minimum absolute atomic E-state index is 0.000857. The first-order chi connectivity index (χ1) is 8.50. The number of hydrogen-bond donors (Lipinski definition) is 2. The quantitative estimate of drug-likeness (QED) is 0.848. The molecule has 1 aromatic heterocycles. The standard InChI is InChI=1S/C13H20BrN3O/c1-9(5-3-6-10(2)15)13(18)17-12-11(14)7-4-8-16-12/h4,7-10H,3,5-6,15H2,1-2H3,(H,16,17,18). The zero-order valence-corrected chi connectivity index (χ0v) is 12.4. The number of carbonyl (C=O) groups is 1. The molecular weight excluding hydrogens is 294 g/mol. The van der Waals surface area contributed by atoms with E-state index in [1.807, 2.05) is 26.0 Å². The molecule has 0 saturated heterocycles. The van der Waals surface area contributed by atoms with Crippen molar-refractivity contribution in [3.05, 3.63) is 22.8 Å². The molecule has 1 rings (SSSR count). The number of amides is 1. The third-order valence-corrected chi connectivity index (χ3v) is 3.38. The fraction of sp³-hybridized carbons (Fsp3) is 0.538. The van der Waals surface area contributed by atoms with Crippen LogP contribution in [0.5, 0.6) is 0 Å². The van der Waals surface area contributed by atoms with Crippen LogP contribution in [-0.2, 0) is 4.79 Å². The summed E-state index contributed by atoms with van der Waals surface area (Å²) in [6, 6.07) is 3.86. The molecule has 18 heavy (non-hydrogen) atoms. The second-order valence-electron chi connectivity index (χ2n) is 4.63. The van der Waals surface area contributed by atoms with Gasteiger partial charge >= 0.3 is 0 Å². The molecular formula is C13H20BrN3O. The van der Waals surface area contributed by atoms with Gasteiger partial charge in [0.2, 0.25) is 5.91 Å². The third kappa shape index (κ3) is 5.14. The lowest BCUT2D eigenvalue weighted by Crippen LogP contribution is -2.22. The molecule has 5 heteroatoms. The van der Waals surface area contributed by atoms with Gasteiger partial charge in [-0.15, -0.1) is 0 Å². The fourth-order valence-electron chi connectivity index (χ4n) is 1.59. The first kappa shape index (κ1) is 15.1. The van der Waals surface area contributed by atoms with Crippen molar-refractivity contribution in [1.82, 2.24) is 4.98 Å². The van der Waals surface area contributed by atoms with Crippen molar-refractivity contribution in [3.8, 4) is 0 Å². The number of anilines is 1. The van der Waals surface area contributed by atoms with Gasteiger partial charge in [-0.25, -0.2) is 4.98 Å². The van der Waals surface area contributed by atoms with E-state index in [4.69, 9.17) is 5.73 Å². The maximum Gasteiger partial charge on any atom is 0.228 e. The largest absolute Gasteiger partial charge is 0.328 e. The first-order valence-corrected chi connectivity index (χ1v) is 6.97. The number of hydrogen-bond acceptors (Lipinski definition) is 3. The maximum absolute atomic E-state index is 11.9. The SMILES string of the molecule is CC(N)CCCC(C)C(=O)Nc1ncccc1Br. The van der Waals surface area contributed by atoms with Gasteiger partial charge in [-0.3, -0.25) is 4.79 Å². The molecule has 0 saturated carbocycles. The lowest BCUT2D eigenvalue weighted by Gasteiger charge is -2.13. The minimum atomic E-state index is -0.0299. The highest BCUT2D eigenvalue weighted by Gasteiger charge is 2.14. The Morgan fingerprint density at radius 3 is 2.83 bits per heavy atom. The van der Waals surface area contributed by atoms with Crippen LogP contribution in [-0.4, -0.2) is 16.9 Å². The van der Waals surface area contributed by atoms with Gasteiger partial charge in [0.1, 0.15) is 5.82 Å². The number of halogens is 1. The molecule has 0 bridgehead atoms. The molecule has 0 aromatic carbocycles. The number of carbonyl (C=O) groups excluding carboxylic acids is 1. The summed E-state index contributed by atoms with van der Waals surface area (Å²) in [5.41, 5.74) is 5.68. The average molecular weight is 314 g/mol. The Morgan fingerprint density at radius 2 is 2.22 bits per heavy atom. The van der Waals surface area contributed by atoms with Crippen LogP contribution in [0.2, 0.25) is 0 Å². The summed E-state index contributed by atoms with van der Waals surface area (Å²) in [5.74, 6) is 0.540. The highest BCUT2D eigenvalue weighted by molar-refractivity contribution is 9.10. The van der Waals surface area contributed by atoms with Crippen molar-refractivity contribution in [2.45, 2.75) is 39.2 Å². The van der Waals surface area contributed by atoms with E-state index in [1.54, 1.807) is 6.20 Å². The molecule has 3 N–H and O–H groups in total. The molecule has 2 atom stereocenters. The van der Waals surface area contributed by atoms with Gasteiger partial charge in [0.15, 0.2) is 0 Å². The monoisotopic (exact) mass is 313 g/mol. The average Bonchev–Trinajstić information content (AvgIpc) is 2.31. The predicted molar refractivity (Wildman–Crippen MR) is 77.2 cm³/mol. The normalized spacial score (nSPS) is 14.0. The molecule has 0 aliphatic rings. The summed E-state index contributed by atoms with van der Waals surface area (Å²) in [6.45, 7) is 3.91. The number of aromatic nitrogens is 1. The molecule has 4 nitrogen and oxygen atoms in total. The van der Waals surface area contributed by atoms with Crippen LogP contribution in [0.15, 0.2) is 22.8 Å². The molecule has 0 aliphatic heterocycles. The second-order valence-corrected chi connectivity index (χ2v) is 5.49. The topological polar surface area (TPSA) is 68.0 Å².